The molecule has 0 spiro atoms. The van der Waals surface area contributed by atoms with Gasteiger partial charge in [0.15, 0.2) is 9.84 Å². The minimum atomic E-state index is -3.67. The number of nitrogens with zero attached hydrogens (tertiary/aromatic N) is 1. The van der Waals surface area contributed by atoms with Gasteiger partial charge in [0.05, 0.1) is 9.79 Å². The van der Waals surface area contributed by atoms with Crippen molar-refractivity contribution < 1.29 is 21.6 Å². The van der Waals surface area contributed by atoms with Gasteiger partial charge in [0.1, 0.15) is 0 Å². The van der Waals surface area contributed by atoms with Crippen LogP contribution >= 0.6 is 0 Å². The first kappa shape index (κ1) is 25.0. The van der Waals surface area contributed by atoms with Gasteiger partial charge in [0.25, 0.3) is 5.91 Å². The number of carbonyl (C=O) groups excluding carboxylic acids is 1. The average molecular weight is 467 g/mol. The first-order valence-corrected chi connectivity index (χ1v) is 13.4. The molecule has 0 aliphatic heterocycles. The van der Waals surface area contributed by atoms with E-state index in [1.54, 1.807) is 0 Å². The van der Waals surface area contributed by atoms with Crippen molar-refractivity contribution in [2.45, 2.75) is 37.5 Å². The van der Waals surface area contributed by atoms with Gasteiger partial charge in [0, 0.05) is 30.6 Å². The molecule has 0 atom stereocenters. The van der Waals surface area contributed by atoms with Crippen molar-refractivity contribution in [3.8, 4) is 0 Å². The van der Waals surface area contributed by atoms with Gasteiger partial charge in [-0.1, -0.05) is 27.7 Å². The summed E-state index contributed by atoms with van der Waals surface area (Å²) in [4.78, 5) is 12.8. The molecule has 9 heteroatoms. The Hall–Kier alpha value is -2.23. The van der Waals surface area contributed by atoms with E-state index in [9.17, 15) is 21.6 Å². The van der Waals surface area contributed by atoms with E-state index < -0.39 is 25.8 Å². The molecule has 0 saturated heterocycles. The van der Waals surface area contributed by atoms with Crippen molar-refractivity contribution in [3.05, 3.63) is 54.1 Å². The highest BCUT2D eigenvalue weighted by Gasteiger charge is 2.26. The van der Waals surface area contributed by atoms with Crippen LogP contribution in [-0.2, 0) is 19.9 Å². The number of anilines is 1. The summed E-state index contributed by atoms with van der Waals surface area (Å²) in [5.74, 6) is -0.0439. The number of carbonyl (C=O) groups is 1. The molecule has 0 saturated carbocycles. The first-order valence-electron chi connectivity index (χ1n) is 10.0. The van der Waals surface area contributed by atoms with Crippen LogP contribution in [0.2, 0.25) is 0 Å². The molecule has 31 heavy (non-hydrogen) atoms. The molecule has 2 rings (SSSR count). The highest BCUT2D eigenvalue weighted by molar-refractivity contribution is 7.90. The van der Waals surface area contributed by atoms with Crippen molar-refractivity contribution in [3.63, 3.8) is 0 Å². The minimum absolute atomic E-state index is 0.142. The van der Waals surface area contributed by atoms with E-state index in [-0.39, 0.29) is 21.6 Å². The van der Waals surface area contributed by atoms with Crippen LogP contribution in [0.1, 0.15) is 38.1 Å². The van der Waals surface area contributed by atoms with Crippen LogP contribution in [-0.4, -0.2) is 46.4 Å². The van der Waals surface area contributed by atoms with Crippen LogP contribution in [0.3, 0.4) is 0 Å². The molecule has 2 aromatic carbocycles. The highest BCUT2D eigenvalue weighted by atomic mass is 32.2. The first-order chi connectivity index (χ1) is 14.3. The summed E-state index contributed by atoms with van der Waals surface area (Å²) < 4.78 is 50.7. The van der Waals surface area contributed by atoms with Gasteiger partial charge in [-0.05, 0) is 60.4 Å². The zero-order valence-electron chi connectivity index (χ0n) is 18.5. The quantitative estimate of drug-likeness (QED) is 0.608. The van der Waals surface area contributed by atoms with Gasteiger partial charge in [0.2, 0.25) is 10.0 Å². The number of hydrogen-bond donors (Lipinski definition) is 1. The van der Waals surface area contributed by atoms with Crippen LogP contribution in [0.4, 0.5) is 5.69 Å². The number of amides is 1. The maximum Gasteiger partial charge on any atom is 0.255 e. The molecule has 0 fully saturated rings. The van der Waals surface area contributed by atoms with Crippen molar-refractivity contribution in [1.82, 2.24) is 4.31 Å². The Labute approximate surface area is 185 Å². The summed E-state index contributed by atoms with van der Waals surface area (Å²) in [6.45, 7) is 8.73. The molecule has 2 aromatic rings. The predicted octanol–water partition coefficient (Wildman–Crippen LogP) is 3.65. The second-order valence-corrected chi connectivity index (χ2v) is 12.3. The van der Waals surface area contributed by atoms with E-state index in [0.29, 0.717) is 24.3 Å². The van der Waals surface area contributed by atoms with E-state index in [4.69, 9.17) is 0 Å². The molecule has 1 amide bonds. The number of rotatable bonds is 9. The summed E-state index contributed by atoms with van der Waals surface area (Å²) in [6.07, 6.45) is 1.11. The van der Waals surface area contributed by atoms with Gasteiger partial charge in [-0.15, -0.1) is 0 Å². The Balaban J connectivity index is 2.18. The van der Waals surface area contributed by atoms with Crippen molar-refractivity contribution in [2.24, 2.45) is 11.8 Å². The third-order valence-corrected chi connectivity index (χ3v) is 7.41. The van der Waals surface area contributed by atoms with E-state index in [1.807, 2.05) is 27.7 Å². The zero-order chi connectivity index (χ0) is 23.4. The SMILES string of the molecule is CC(C)CN(CC(C)C)S(=O)(=O)c1ccc(C(=O)Nc2ccc(S(C)(=O)=O)cc2)cc1. The van der Waals surface area contributed by atoms with Crippen LogP contribution in [0.25, 0.3) is 0 Å². The van der Waals surface area contributed by atoms with Crippen molar-refractivity contribution in [1.29, 1.82) is 0 Å². The summed E-state index contributed by atoms with van der Waals surface area (Å²) in [7, 11) is -6.98. The number of sulfonamides is 1. The maximum atomic E-state index is 13.1. The predicted molar refractivity (Wildman–Crippen MR) is 122 cm³/mol. The van der Waals surface area contributed by atoms with Gasteiger partial charge in [-0.25, -0.2) is 16.8 Å². The fraction of sp³-hybridized carbons (Fsp3) is 0.409. The molecular weight excluding hydrogens is 436 g/mol. The minimum Gasteiger partial charge on any atom is -0.322 e. The van der Waals surface area contributed by atoms with Gasteiger partial charge >= 0.3 is 0 Å². The lowest BCUT2D eigenvalue weighted by molar-refractivity contribution is 0.102. The van der Waals surface area contributed by atoms with E-state index in [0.717, 1.165) is 6.26 Å². The molecular formula is C22H30N2O5S2. The van der Waals surface area contributed by atoms with Crippen molar-refractivity contribution >= 4 is 31.5 Å². The smallest absolute Gasteiger partial charge is 0.255 e. The monoisotopic (exact) mass is 466 g/mol. The summed E-state index contributed by atoms with van der Waals surface area (Å²) in [5.41, 5.74) is 0.736. The average Bonchev–Trinajstić information content (AvgIpc) is 2.66. The van der Waals surface area contributed by atoms with E-state index in [1.165, 1.54) is 52.8 Å². The molecule has 0 bridgehead atoms. The summed E-state index contributed by atoms with van der Waals surface area (Å²) in [5, 5.41) is 2.68. The fourth-order valence-corrected chi connectivity index (χ4v) is 5.40. The van der Waals surface area contributed by atoms with Crippen LogP contribution in [0.15, 0.2) is 58.3 Å². The second-order valence-electron chi connectivity index (χ2n) is 8.38. The molecule has 0 aliphatic rings. The normalized spacial score (nSPS) is 12.5. The van der Waals surface area contributed by atoms with Crippen molar-refractivity contribution in [2.75, 3.05) is 24.7 Å². The molecule has 1 N–H and O–H groups in total. The number of benzene rings is 2. The Morgan fingerprint density at radius 3 is 1.68 bits per heavy atom. The molecule has 0 heterocycles. The lowest BCUT2D eigenvalue weighted by atomic mass is 10.2. The summed E-state index contributed by atoms with van der Waals surface area (Å²) in [6, 6.07) is 11.6. The lowest BCUT2D eigenvalue weighted by Crippen LogP contribution is -2.37. The molecule has 7 nitrogen and oxygen atoms in total. The zero-order valence-corrected chi connectivity index (χ0v) is 20.1. The topological polar surface area (TPSA) is 101 Å². The Bertz CT molecular complexity index is 1100. The third kappa shape index (κ3) is 6.88. The Morgan fingerprint density at radius 2 is 1.26 bits per heavy atom. The molecule has 0 aromatic heterocycles. The third-order valence-electron chi connectivity index (χ3n) is 4.43. The number of nitrogens with one attached hydrogen (secondary N) is 1. The second kappa shape index (κ2) is 9.93. The van der Waals surface area contributed by atoms with E-state index in [2.05, 4.69) is 5.32 Å². The molecule has 170 valence electrons. The number of hydrogen-bond acceptors (Lipinski definition) is 5. The Morgan fingerprint density at radius 1 is 0.806 bits per heavy atom. The van der Waals surface area contributed by atoms with Gasteiger partial charge in [-0.3, -0.25) is 4.79 Å². The van der Waals surface area contributed by atoms with Crippen LogP contribution in [0.5, 0.6) is 0 Å². The molecule has 0 unspecified atom stereocenters. The lowest BCUT2D eigenvalue weighted by Gasteiger charge is -2.25. The molecule has 0 aliphatic carbocycles. The van der Waals surface area contributed by atoms with E-state index >= 15 is 0 Å². The van der Waals surface area contributed by atoms with Gasteiger partial charge < -0.3 is 5.32 Å². The van der Waals surface area contributed by atoms with Crippen LogP contribution < -0.4 is 5.32 Å². The Kier molecular flexibility index (Phi) is 8.02. The summed E-state index contributed by atoms with van der Waals surface area (Å²) >= 11 is 0. The maximum absolute atomic E-state index is 13.1. The van der Waals surface area contributed by atoms with Gasteiger partial charge in [-0.2, -0.15) is 4.31 Å². The number of sulfone groups is 1. The largest absolute Gasteiger partial charge is 0.322 e. The highest BCUT2D eigenvalue weighted by Crippen LogP contribution is 2.20. The molecule has 0 radical (unpaired) electrons. The fourth-order valence-electron chi connectivity index (χ4n) is 3.00. The van der Waals surface area contributed by atoms with Crippen LogP contribution in [0, 0.1) is 11.8 Å². The standard InChI is InChI=1S/C22H30N2O5S2/c1-16(2)14-24(15-17(3)4)31(28,29)21-10-6-18(7-11-21)22(25)23-19-8-12-20(13-9-19)30(5,26)27/h6-13,16-17H,14-15H2,1-5H3,(H,23,25).